The molecule has 0 saturated heterocycles. The molecule has 130 valence electrons. The highest BCUT2D eigenvalue weighted by molar-refractivity contribution is 5.96. The predicted molar refractivity (Wildman–Crippen MR) is 89.2 cm³/mol. The zero-order valence-corrected chi connectivity index (χ0v) is 13.4. The maximum atomic E-state index is 12.0. The van der Waals surface area contributed by atoms with E-state index >= 15 is 0 Å². The van der Waals surface area contributed by atoms with Crippen LogP contribution in [0.5, 0.6) is 5.75 Å². The molecule has 0 bridgehead atoms. The molecular weight excluding hydrogens is 328 g/mol. The summed E-state index contributed by atoms with van der Waals surface area (Å²) in [4.78, 5) is 34.1. The van der Waals surface area contributed by atoms with Gasteiger partial charge in [0, 0.05) is 6.07 Å². The van der Waals surface area contributed by atoms with Crippen LogP contribution in [0.1, 0.15) is 6.92 Å². The molecule has 0 aliphatic heterocycles. The first kappa shape index (κ1) is 17.9. The first-order valence-electron chi connectivity index (χ1n) is 7.39. The molecule has 0 unspecified atom stereocenters. The van der Waals surface area contributed by atoms with Crippen molar-refractivity contribution in [3.8, 4) is 5.75 Å². The van der Waals surface area contributed by atoms with Gasteiger partial charge in [-0.2, -0.15) is 0 Å². The number of ether oxygens (including phenoxy) is 2. The molecule has 25 heavy (non-hydrogen) atoms. The van der Waals surface area contributed by atoms with Gasteiger partial charge in [0.05, 0.1) is 4.92 Å². The summed E-state index contributed by atoms with van der Waals surface area (Å²) in [5.41, 5.74) is -0.220. The van der Waals surface area contributed by atoms with Crippen LogP contribution in [-0.4, -0.2) is 29.5 Å². The van der Waals surface area contributed by atoms with E-state index in [-0.39, 0.29) is 18.0 Å². The van der Waals surface area contributed by atoms with Gasteiger partial charge in [0.2, 0.25) is 0 Å². The number of nitro benzene ring substituents is 1. The van der Waals surface area contributed by atoms with Crippen molar-refractivity contribution < 1.29 is 24.0 Å². The van der Waals surface area contributed by atoms with Gasteiger partial charge in [-0.25, -0.2) is 4.79 Å². The Kier molecular flexibility index (Phi) is 6.05. The van der Waals surface area contributed by atoms with Gasteiger partial charge in [-0.3, -0.25) is 14.9 Å². The number of hydrogen-bond donors (Lipinski definition) is 1. The third-order valence-corrected chi connectivity index (χ3v) is 3.14. The van der Waals surface area contributed by atoms with Gasteiger partial charge >= 0.3 is 5.97 Å². The summed E-state index contributed by atoms with van der Waals surface area (Å²) < 4.78 is 10.2. The van der Waals surface area contributed by atoms with Crippen LogP contribution in [0.3, 0.4) is 0 Å². The maximum Gasteiger partial charge on any atom is 0.344 e. The standard InChI is InChI=1S/C17H16N2O6/c1-12(25-16(20)11-24-13-7-3-2-4-8-13)17(21)18-14-9-5-6-10-15(14)19(22)23/h2-10,12H,11H2,1H3,(H,18,21)/t12-/m1/s1. The number of carbonyl (C=O) groups is 2. The highest BCUT2D eigenvalue weighted by Crippen LogP contribution is 2.23. The number of carbonyl (C=O) groups excluding carboxylic acids is 2. The van der Waals surface area contributed by atoms with Crippen LogP contribution in [0.25, 0.3) is 0 Å². The lowest BCUT2D eigenvalue weighted by Gasteiger charge is -2.14. The topological polar surface area (TPSA) is 108 Å². The van der Waals surface area contributed by atoms with Gasteiger partial charge in [0.1, 0.15) is 11.4 Å². The van der Waals surface area contributed by atoms with Gasteiger partial charge in [0.15, 0.2) is 12.7 Å². The molecule has 0 spiro atoms. The molecule has 8 nitrogen and oxygen atoms in total. The second-order valence-electron chi connectivity index (χ2n) is 5.00. The Balaban J connectivity index is 1.88. The first-order valence-corrected chi connectivity index (χ1v) is 7.39. The molecular formula is C17H16N2O6. The summed E-state index contributed by atoms with van der Waals surface area (Å²) in [7, 11) is 0. The van der Waals surface area contributed by atoms with Crippen molar-refractivity contribution in [1.29, 1.82) is 0 Å². The zero-order chi connectivity index (χ0) is 18.2. The molecule has 1 N–H and O–H groups in total. The Hall–Kier alpha value is -3.42. The third kappa shape index (κ3) is 5.31. The SMILES string of the molecule is C[C@@H](OC(=O)COc1ccccc1)C(=O)Nc1ccccc1[N+](=O)[O-]. The molecule has 0 aromatic heterocycles. The molecule has 0 aliphatic rings. The molecule has 2 aromatic rings. The molecule has 0 aliphatic carbocycles. The van der Waals surface area contributed by atoms with Gasteiger partial charge in [-0.05, 0) is 25.1 Å². The Morgan fingerprint density at radius 2 is 1.76 bits per heavy atom. The Labute approximate surface area is 143 Å². The molecule has 0 radical (unpaired) electrons. The minimum Gasteiger partial charge on any atom is -0.482 e. The van der Waals surface area contributed by atoms with Gasteiger partial charge in [0.25, 0.3) is 11.6 Å². The fraction of sp³-hybridized carbons (Fsp3) is 0.176. The molecule has 8 heteroatoms. The number of esters is 1. The van der Waals surface area contributed by atoms with E-state index in [0.717, 1.165) is 0 Å². The maximum absolute atomic E-state index is 12.0. The van der Waals surface area contributed by atoms with Crippen molar-refractivity contribution in [1.82, 2.24) is 0 Å². The van der Waals surface area contributed by atoms with Crippen molar-refractivity contribution in [3.05, 3.63) is 64.7 Å². The van der Waals surface area contributed by atoms with Crippen molar-refractivity contribution >= 4 is 23.3 Å². The number of rotatable bonds is 7. The number of amides is 1. The summed E-state index contributed by atoms with van der Waals surface area (Å²) in [5, 5.41) is 13.3. The van der Waals surface area contributed by atoms with E-state index in [1.165, 1.54) is 25.1 Å². The van der Waals surface area contributed by atoms with E-state index in [9.17, 15) is 19.7 Å². The lowest BCUT2D eigenvalue weighted by molar-refractivity contribution is -0.383. The second-order valence-corrected chi connectivity index (χ2v) is 5.00. The highest BCUT2D eigenvalue weighted by atomic mass is 16.6. The fourth-order valence-electron chi connectivity index (χ4n) is 1.92. The van der Waals surface area contributed by atoms with E-state index in [2.05, 4.69) is 5.32 Å². The first-order chi connectivity index (χ1) is 12.0. The summed E-state index contributed by atoms with van der Waals surface area (Å²) in [6.07, 6.45) is -1.13. The molecule has 1 atom stereocenters. The molecule has 2 rings (SSSR count). The normalized spacial score (nSPS) is 11.2. The van der Waals surface area contributed by atoms with Gasteiger partial charge in [-0.1, -0.05) is 30.3 Å². The summed E-state index contributed by atoms with van der Waals surface area (Å²) in [6.45, 7) is 1.01. The van der Waals surface area contributed by atoms with Crippen LogP contribution in [0, 0.1) is 10.1 Å². The highest BCUT2D eigenvalue weighted by Gasteiger charge is 2.21. The number of hydrogen-bond acceptors (Lipinski definition) is 6. The molecule has 2 aromatic carbocycles. The van der Waals surface area contributed by atoms with Crippen molar-refractivity contribution in [2.45, 2.75) is 13.0 Å². The Morgan fingerprint density at radius 3 is 2.44 bits per heavy atom. The number of para-hydroxylation sites is 3. The number of benzene rings is 2. The smallest absolute Gasteiger partial charge is 0.344 e. The number of nitrogens with one attached hydrogen (secondary N) is 1. The van der Waals surface area contributed by atoms with Gasteiger partial charge in [-0.15, -0.1) is 0 Å². The zero-order valence-electron chi connectivity index (χ0n) is 13.4. The third-order valence-electron chi connectivity index (χ3n) is 3.14. The lowest BCUT2D eigenvalue weighted by atomic mass is 10.2. The monoisotopic (exact) mass is 344 g/mol. The quantitative estimate of drug-likeness (QED) is 0.470. The van der Waals surface area contributed by atoms with Crippen molar-refractivity contribution in [2.24, 2.45) is 0 Å². The Bertz CT molecular complexity index is 763. The minimum absolute atomic E-state index is 0.0286. The van der Waals surface area contributed by atoms with Crippen LogP contribution in [0.2, 0.25) is 0 Å². The van der Waals surface area contributed by atoms with Gasteiger partial charge < -0.3 is 14.8 Å². The number of anilines is 1. The minimum atomic E-state index is -1.13. The number of nitrogens with zero attached hydrogens (tertiary/aromatic N) is 1. The van der Waals surface area contributed by atoms with Crippen LogP contribution in [-0.2, 0) is 14.3 Å². The van der Waals surface area contributed by atoms with Crippen molar-refractivity contribution in [3.63, 3.8) is 0 Å². The van der Waals surface area contributed by atoms with E-state index in [1.807, 2.05) is 0 Å². The summed E-state index contributed by atoms with van der Waals surface area (Å²) in [5.74, 6) is -0.909. The lowest BCUT2D eigenvalue weighted by Crippen LogP contribution is -2.31. The van der Waals surface area contributed by atoms with E-state index < -0.39 is 22.9 Å². The Morgan fingerprint density at radius 1 is 1.12 bits per heavy atom. The van der Waals surface area contributed by atoms with E-state index in [4.69, 9.17) is 9.47 Å². The van der Waals surface area contributed by atoms with Crippen molar-refractivity contribution in [2.75, 3.05) is 11.9 Å². The van der Waals surface area contributed by atoms with Crippen LogP contribution in [0.15, 0.2) is 54.6 Å². The predicted octanol–water partition coefficient (Wildman–Crippen LogP) is 2.54. The molecule has 0 saturated carbocycles. The van der Waals surface area contributed by atoms with Crippen LogP contribution < -0.4 is 10.1 Å². The van der Waals surface area contributed by atoms with Crippen LogP contribution >= 0.6 is 0 Å². The molecule has 0 fully saturated rings. The molecule has 0 heterocycles. The second kappa shape index (κ2) is 8.44. The molecule has 1 amide bonds. The average molecular weight is 344 g/mol. The number of nitro groups is 1. The summed E-state index contributed by atoms with van der Waals surface area (Å²) in [6, 6.07) is 14.4. The van der Waals surface area contributed by atoms with E-state index in [1.54, 1.807) is 36.4 Å². The summed E-state index contributed by atoms with van der Waals surface area (Å²) >= 11 is 0. The van der Waals surface area contributed by atoms with Crippen LogP contribution in [0.4, 0.5) is 11.4 Å². The average Bonchev–Trinajstić information content (AvgIpc) is 2.61. The van der Waals surface area contributed by atoms with E-state index in [0.29, 0.717) is 5.75 Å². The fourth-order valence-corrected chi connectivity index (χ4v) is 1.92. The largest absolute Gasteiger partial charge is 0.482 e.